The summed E-state index contributed by atoms with van der Waals surface area (Å²) >= 11 is 0.638. The number of carbonyl (C=O) groups is 1. The number of benzene rings is 2. The fourth-order valence-corrected chi connectivity index (χ4v) is 4.91. The second-order valence-electron chi connectivity index (χ2n) is 8.22. The molecule has 2 heterocycles. The molecule has 7 nitrogen and oxygen atoms in total. The maximum absolute atomic E-state index is 12.8. The molecule has 1 amide bonds. The van der Waals surface area contributed by atoms with Gasteiger partial charge in [-0.25, -0.2) is 4.98 Å². The molecular formula is C23H22F6N4O3S. The molecule has 0 bridgehead atoms. The van der Waals surface area contributed by atoms with Gasteiger partial charge in [0.25, 0.3) is 0 Å². The van der Waals surface area contributed by atoms with Crippen LogP contribution in [0.3, 0.4) is 0 Å². The zero-order valence-corrected chi connectivity index (χ0v) is 20.3. The number of alkyl halides is 6. The Bertz CT molecular complexity index is 1240. The monoisotopic (exact) mass is 548 g/mol. The standard InChI is InChI=1S/C23H22F6N4O3S/c1-35-16-4-2-15(3-5-16)33-10-8-32(9-11-33)7-6-14-12-17(36-23(27,28)29)13-18-19(14)30-21(37-18)31-20(34)22(24,25)26/h2-5,12-13H,6-11H2,1H3,(H,30,31,34). The zero-order valence-electron chi connectivity index (χ0n) is 19.4. The molecule has 3 aromatic rings. The number of rotatable bonds is 7. The molecule has 1 N–H and O–H groups in total. The summed E-state index contributed by atoms with van der Waals surface area (Å²) in [7, 11) is 1.59. The summed E-state index contributed by atoms with van der Waals surface area (Å²) in [6, 6.07) is 9.91. The first-order chi connectivity index (χ1) is 17.4. The van der Waals surface area contributed by atoms with Gasteiger partial charge in [0.2, 0.25) is 0 Å². The van der Waals surface area contributed by atoms with Gasteiger partial charge in [-0.05, 0) is 42.3 Å². The Labute approximate surface area is 211 Å². The minimum atomic E-state index is -5.13. The van der Waals surface area contributed by atoms with Crippen molar-refractivity contribution in [2.45, 2.75) is 19.0 Å². The number of piperazine rings is 1. The van der Waals surface area contributed by atoms with Gasteiger partial charge in [-0.2, -0.15) is 13.2 Å². The summed E-state index contributed by atoms with van der Waals surface area (Å²) in [5.41, 5.74) is 1.64. The third-order valence-electron chi connectivity index (χ3n) is 5.77. The number of nitrogens with one attached hydrogen (secondary N) is 1. The lowest BCUT2D eigenvalue weighted by Crippen LogP contribution is -2.47. The predicted octanol–water partition coefficient (Wildman–Crippen LogP) is 5.07. The Kier molecular flexibility index (Phi) is 7.69. The minimum Gasteiger partial charge on any atom is -0.497 e. The minimum absolute atomic E-state index is 0.165. The van der Waals surface area contributed by atoms with E-state index in [1.807, 2.05) is 24.3 Å². The van der Waals surface area contributed by atoms with Crippen LogP contribution in [0.2, 0.25) is 0 Å². The van der Waals surface area contributed by atoms with Crippen molar-refractivity contribution in [3.05, 3.63) is 42.0 Å². The first kappa shape index (κ1) is 26.8. The molecule has 1 aliphatic heterocycles. The van der Waals surface area contributed by atoms with Gasteiger partial charge in [0, 0.05) is 44.5 Å². The molecule has 0 saturated carbocycles. The van der Waals surface area contributed by atoms with Crippen molar-refractivity contribution in [1.29, 1.82) is 0 Å². The van der Waals surface area contributed by atoms with Crippen molar-refractivity contribution in [1.82, 2.24) is 9.88 Å². The van der Waals surface area contributed by atoms with Crippen molar-refractivity contribution in [2.75, 3.05) is 50.1 Å². The lowest BCUT2D eigenvalue weighted by atomic mass is 10.1. The number of amides is 1. The molecule has 1 saturated heterocycles. The molecule has 0 radical (unpaired) electrons. The normalized spacial score (nSPS) is 15.2. The van der Waals surface area contributed by atoms with E-state index in [4.69, 9.17) is 4.74 Å². The Morgan fingerprint density at radius 3 is 2.30 bits per heavy atom. The summed E-state index contributed by atoms with van der Waals surface area (Å²) < 4.78 is 85.8. The van der Waals surface area contributed by atoms with Crippen molar-refractivity contribution in [3.63, 3.8) is 0 Å². The van der Waals surface area contributed by atoms with Crippen LogP contribution in [0.1, 0.15) is 5.56 Å². The van der Waals surface area contributed by atoms with Gasteiger partial charge in [-0.15, -0.1) is 13.2 Å². The van der Waals surface area contributed by atoms with Crippen molar-refractivity contribution in [2.24, 2.45) is 0 Å². The van der Waals surface area contributed by atoms with Crippen LogP contribution < -0.4 is 19.7 Å². The molecular weight excluding hydrogens is 526 g/mol. The molecule has 2 aromatic carbocycles. The van der Waals surface area contributed by atoms with E-state index in [1.54, 1.807) is 12.4 Å². The average Bonchev–Trinajstić information content (AvgIpc) is 3.23. The van der Waals surface area contributed by atoms with Crippen LogP contribution in [0.5, 0.6) is 11.5 Å². The van der Waals surface area contributed by atoms with Gasteiger partial charge in [-0.1, -0.05) is 11.3 Å². The first-order valence-electron chi connectivity index (χ1n) is 11.1. The highest BCUT2D eigenvalue weighted by molar-refractivity contribution is 7.22. The highest BCUT2D eigenvalue weighted by Crippen LogP contribution is 2.35. The van der Waals surface area contributed by atoms with Crippen LogP contribution in [0, 0.1) is 0 Å². The second-order valence-corrected chi connectivity index (χ2v) is 9.26. The molecule has 0 aliphatic carbocycles. The van der Waals surface area contributed by atoms with E-state index in [-0.39, 0.29) is 21.8 Å². The second kappa shape index (κ2) is 10.6. The summed E-state index contributed by atoms with van der Waals surface area (Å²) in [6.07, 6.45) is -9.79. The highest BCUT2D eigenvalue weighted by atomic mass is 32.1. The molecule has 1 fully saturated rings. The summed E-state index contributed by atoms with van der Waals surface area (Å²) in [5, 5.41) is 1.29. The number of thiazole rings is 1. The predicted molar refractivity (Wildman–Crippen MR) is 126 cm³/mol. The third-order valence-corrected chi connectivity index (χ3v) is 6.68. The molecule has 4 rings (SSSR count). The van der Waals surface area contributed by atoms with Crippen LogP contribution in [0.15, 0.2) is 36.4 Å². The Morgan fingerprint density at radius 2 is 1.70 bits per heavy atom. The molecule has 0 spiro atoms. The SMILES string of the molecule is COc1ccc(N2CCN(CCc3cc(OC(F)(F)F)cc4sc(NC(=O)C(F)(F)F)nc34)CC2)cc1. The lowest BCUT2D eigenvalue weighted by molar-refractivity contribution is -0.274. The van der Waals surface area contributed by atoms with E-state index in [1.165, 1.54) is 6.07 Å². The number of ether oxygens (including phenoxy) is 2. The van der Waals surface area contributed by atoms with Crippen LogP contribution in [0.25, 0.3) is 10.2 Å². The summed E-state index contributed by atoms with van der Waals surface area (Å²) in [4.78, 5) is 19.7. The number of fused-ring (bicyclic) bond motifs is 1. The van der Waals surface area contributed by atoms with Gasteiger partial charge < -0.3 is 14.4 Å². The number of methoxy groups -OCH3 is 1. The van der Waals surface area contributed by atoms with Crippen LogP contribution in [-0.4, -0.2) is 68.2 Å². The number of hydrogen-bond acceptors (Lipinski definition) is 7. The van der Waals surface area contributed by atoms with Crippen LogP contribution in [-0.2, 0) is 11.2 Å². The fourth-order valence-electron chi connectivity index (χ4n) is 3.98. The van der Waals surface area contributed by atoms with Gasteiger partial charge in [-0.3, -0.25) is 15.0 Å². The maximum atomic E-state index is 12.8. The number of carbonyl (C=O) groups excluding carboxylic acids is 1. The van der Waals surface area contributed by atoms with Crippen molar-refractivity contribution >= 4 is 38.3 Å². The topological polar surface area (TPSA) is 66.9 Å². The molecule has 0 atom stereocenters. The van der Waals surface area contributed by atoms with E-state index < -0.39 is 24.2 Å². The average molecular weight is 549 g/mol. The van der Waals surface area contributed by atoms with E-state index in [0.29, 0.717) is 36.5 Å². The number of hydrogen-bond donors (Lipinski definition) is 1. The molecule has 200 valence electrons. The molecule has 0 unspecified atom stereocenters. The molecule has 37 heavy (non-hydrogen) atoms. The molecule has 1 aromatic heterocycles. The number of halogens is 6. The Balaban J connectivity index is 1.46. The van der Waals surface area contributed by atoms with Crippen molar-refractivity contribution < 1.29 is 40.6 Å². The Hall–Kier alpha value is -3.26. The van der Waals surface area contributed by atoms with Crippen LogP contribution >= 0.6 is 11.3 Å². The number of aromatic nitrogens is 1. The first-order valence-corrected chi connectivity index (χ1v) is 11.9. The number of anilines is 2. The zero-order chi connectivity index (χ0) is 26.8. The largest absolute Gasteiger partial charge is 0.573 e. The van der Waals surface area contributed by atoms with E-state index >= 15 is 0 Å². The van der Waals surface area contributed by atoms with Gasteiger partial charge in [0.1, 0.15) is 11.5 Å². The molecule has 14 heteroatoms. The van der Waals surface area contributed by atoms with Crippen molar-refractivity contribution in [3.8, 4) is 11.5 Å². The smallest absolute Gasteiger partial charge is 0.497 e. The summed E-state index contributed by atoms with van der Waals surface area (Å²) in [5.74, 6) is -1.96. The quantitative estimate of drug-likeness (QED) is 0.416. The fraction of sp³-hybridized carbons (Fsp3) is 0.391. The Morgan fingerprint density at radius 1 is 1.03 bits per heavy atom. The van der Waals surface area contributed by atoms with Gasteiger partial charge in [0.05, 0.1) is 17.3 Å². The van der Waals surface area contributed by atoms with E-state index in [9.17, 15) is 31.1 Å². The van der Waals surface area contributed by atoms with Crippen LogP contribution in [0.4, 0.5) is 37.2 Å². The summed E-state index contributed by atoms with van der Waals surface area (Å²) in [6.45, 7) is 3.38. The maximum Gasteiger partial charge on any atom is 0.573 e. The highest BCUT2D eigenvalue weighted by Gasteiger charge is 2.39. The van der Waals surface area contributed by atoms with Gasteiger partial charge >= 0.3 is 18.4 Å². The van der Waals surface area contributed by atoms with Gasteiger partial charge in [0.15, 0.2) is 5.13 Å². The third kappa shape index (κ3) is 6.95. The van der Waals surface area contributed by atoms with E-state index in [2.05, 4.69) is 19.5 Å². The lowest BCUT2D eigenvalue weighted by Gasteiger charge is -2.36. The van der Waals surface area contributed by atoms with E-state index in [0.717, 1.165) is 30.6 Å². The number of nitrogens with zero attached hydrogens (tertiary/aromatic N) is 3. The molecule has 1 aliphatic rings.